The lowest BCUT2D eigenvalue weighted by atomic mass is 10.1. The number of hydrogen-bond acceptors (Lipinski definition) is 2. The van der Waals surface area contributed by atoms with Crippen LogP contribution in [0, 0.1) is 5.92 Å². The van der Waals surface area contributed by atoms with Crippen molar-refractivity contribution in [3.63, 3.8) is 0 Å². The highest BCUT2D eigenvalue weighted by Crippen LogP contribution is 2.34. The molecule has 1 aliphatic rings. The standard InChI is InChI=1S/C15H19Cl2NO2/c16-12-3-1-2-11(15(12)17)6-7-14(20)18-13(8-9-19)10-4-5-10/h1-3,10,13,19H,4-9H2,(H,18,20). The summed E-state index contributed by atoms with van der Waals surface area (Å²) in [4.78, 5) is 12.0. The molecule has 1 fully saturated rings. The van der Waals surface area contributed by atoms with E-state index < -0.39 is 0 Å². The van der Waals surface area contributed by atoms with Crippen LogP contribution in [-0.4, -0.2) is 23.7 Å². The Balaban J connectivity index is 1.83. The summed E-state index contributed by atoms with van der Waals surface area (Å²) in [6, 6.07) is 5.56. The second-order valence-corrected chi connectivity index (χ2v) is 6.02. The summed E-state index contributed by atoms with van der Waals surface area (Å²) in [7, 11) is 0. The van der Waals surface area contributed by atoms with Crippen molar-refractivity contribution < 1.29 is 9.90 Å². The number of amides is 1. The van der Waals surface area contributed by atoms with Gasteiger partial charge in [-0.05, 0) is 43.2 Å². The fourth-order valence-electron chi connectivity index (χ4n) is 2.33. The molecule has 1 atom stereocenters. The molecule has 20 heavy (non-hydrogen) atoms. The minimum absolute atomic E-state index is 0.00592. The van der Waals surface area contributed by atoms with Crippen molar-refractivity contribution in [3.8, 4) is 0 Å². The number of aliphatic hydroxyl groups excluding tert-OH is 1. The fraction of sp³-hybridized carbons (Fsp3) is 0.533. The Morgan fingerprint density at radius 1 is 1.40 bits per heavy atom. The van der Waals surface area contributed by atoms with Gasteiger partial charge >= 0.3 is 0 Å². The molecule has 0 saturated heterocycles. The van der Waals surface area contributed by atoms with E-state index in [0.29, 0.717) is 35.2 Å². The van der Waals surface area contributed by atoms with Crippen molar-refractivity contribution in [3.05, 3.63) is 33.8 Å². The predicted molar refractivity (Wildman–Crippen MR) is 81.1 cm³/mol. The normalized spacial score (nSPS) is 15.9. The number of carbonyl (C=O) groups excluding carboxylic acids is 1. The summed E-state index contributed by atoms with van der Waals surface area (Å²) in [5.74, 6) is 0.548. The molecule has 2 N–H and O–H groups in total. The molecular formula is C15H19Cl2NO2. The van der Waals surface area contributed by atoms with Gasteiger partial charge in [-0.15, -0.1) is 0 Å². The zero-order chi connectivity index (χ0) is 14.5. The number of aliphatic hydroxyl groups is 1. The molecule has 2 rings (SSSR count). The van der Waals surface area contributed by atoms with Gasteiger partial charge in [0.1, 0.15) is 0 Å². The van der Waals surface area contributed by atoms with E-state index in [2.05, 4.69) is 5.32 Å². The van der Waals surface area contributed by atoms with Gasteiger partial charge in [0.25, 0.3) is 0 Å². The molecule has 1 aromatic carbocycles. The third-order valence-electron chi connectivity index (χ3n) is 3.63. The van der Waals surface area contributed by atoms with Gasteiger partial charge in [-0.2, -0.15) is 0 Å². The minimum atomic E-state index is 0.00592. The van der Waals surface area contributed by atoms with Gasteiger partial charge in [0.2, 0.25) is 5.91 Å². The van der Waals surface area contributed by atoms with Crippen LogP contribution in [-0.2, 0) is 11.2 Å². The molecule has 1 saturated carbocycles. The zero-order valence-electron chi connectivity index (χ0n) is 11.2. The van der Waals surface area contributed by atoms with E-state index in [4.69, 9.17) is 28.3 Å². The average molecular weight is 316 g/mol. The maximum Gasteiger partial charge on any atom is 0.220 e. The molecule has 0 bridgehead atoms. The molecule has 110 valence electrons. The first kappa shape index (κ1) is 15.6. The number of hydrogen-bond donors (Lipinski definition) is 2. The third kappa shape index (κ3) is 4.37. The van der Waals surface area contributed by atoms with Crippen LogP contribution in [0.15, 0.2) is 18.2 Å². The molecule has 1 aliphatic carbocycles. The highest BCUT2D eigenvalue weighted by molar-refractivity contribution is 6.42. The molecule has 5 heteroatoms. The molecular weight excluding hydrogens is 297 g/mol. The van der Waals surface area contributed by atoms with E-state index in [0.717, 1.165) is 18.4 Å². The Morgan fingerprint density at radius 3 is 2.80 bits per heavy atom. The van der Waals surface area contributed by atoms with Gasteiger partial charge in [-0.25, -0.2) is 0 Å². The predicted octanol–water partition coefficient (Wildman–Crippen LogP) is 3.20. The topological polar surface area (TPSA) is 49.3 Å². The van der Waals surface area contributed by atoms with Gasteiger partial charge in [0.05, 0.1) is 10.0 Å². The van der Waals surface area contributed by atoms with E-state index in [9.17, 15) is 4.79 Å². The van der Waals surface area contributed by atoms with Crippen LogP contribution in [0.5, 0.6) is 0 Å². The number of nitrogens with one attached hydrogen (secondary N) is 1. The summed E-state index contributed by atoms with van der Waals surface area (Å²) < 4.78 is 0. The van der Waals surface area contributed by atoms with Crippen LogP contribution < -0.4 is 5.32 Å². The summed E-state index contributed by atoms with van der Waals surface area (Å²) in [5, 5.41) is 13.1. The molecule has 1 aromatic rings. The maximum absolute atomic E-state index is 12.0. The third-order valence-corrected chi connectivity index (χ3v) is 4.49. The number of carbonyl (C=O) groups is 1. The first-order valence-corrected chi connectivity index (χ1v) is 7.70. The molecule has 1 amide bonds. The van der Waals surface area contributed by atoms with E-state index in [1.54, 1.807) is 6.07 Å². The van der Waals surface area contributed by atoms with Crippen LogP contribution in [0.25, 0.3) is 0 Å². The second-order valence-electron chi connectivity index (χ2n) is 5.24. The van der Waals surface area contributed by atoms with Crippen LogP contribution in [0.2, 0.25) is 10.0 Å². The van der Waals surface area contributed by atoms with Crippen LogP contribution in [0.4, 0.5) is 0 Å². The first-order valence-electron chi connectivity index (χ1n) is 6.95. The van der Waals surface area contributed by atoms with E-state index in [1.165, 1.54) is 0 Å². The van der Waals surface area contributed by atoms with E-state index in [1.807, 2.05) is 12.1 Å². The van der Waals surface area contributed by atoms with Gasteiger partial charge in [0, 0.05) is 19.1 Å². The molecule has 0 heterocycles. The molecule has 0 spiro atoms. The van der Waals surface area contributed by atoms with Crippen molar-refractivity contribution in [1.82, 2.24) is 5.32 Å². The molecule has 1 unspecified atom stereocenters. The van der Waals surface area contributed by atoms with Gasteiger partial charge in [0.15, 0.2) is 0 Å². The Hall–Kier alpha value is -0.770. The van der Waals surface area contributed by atoms with Crippen molar-refractivity contribution >= 4 is 29.1 Å². The SMILES string of the molecule is O=C(CCc1cccc(Cl)c1Cl)NC(CCO)C1CC1. The van der Waals surface area contributed by atoms with Crippen LogP contribution in [0.1, 0.15) is 31.2 Å². The Morgan fingerprint density at radius 2 is 2.15 bits per heavy atom. The van der Waals surface area contributed by atoms with Crippen molar-refractivity contribution in [2.24, 2.45) is 5.92 Å². The van der Waals surface area contributed by atoms with Gasteiger partial charge in [-0.1, -0.05) is 35.3 Å². The van der Waals surface area contributed by atoms with Crippen molar-refractivity contribution in [1.29, 1.82) is 0 Å². The Bertz CT molecular complexity index is 475. The lowest BCUT2D eigenvalue weighted by Gasteiger charge is -2.17. The smallest absolute Gasteiger partial charge is 0.220 e. The van der Waals surface area contributed by atoms with Crippen molar-refractivity contribution in [2.75, 3.05) is 6.61 Å². The maximum atomic E-state index is 12.0. The molecule has 3 nitrogen and oxygen atoms in total. The molecule has 0 aliphatic heterocycles. The average Bonchev–Trinajstić information content (AvgIpc) is 3.24. The van der Waals surface area contributed by atoms with Gasteiger partial charge < -0.3 is 10.4 Å². The highest BCUT2D eigenvalue weighted by atomic mass is 35.5. The number of aryl methyl sites for hydroxylation is 1. The fourth-order valence-corrected chi connectivity index (χ4v) is 2.75. The Labute approximate surface area is 129 Å². The lowest BCUT2D eigenvalue weighted by Crippen LogP contribution is -2.37. The molecule has 0 aromatic heterocycles. The molecule has 0 radical (unpaired) electrons. The number of halogens is 2. The highest BCUT2D eigenvalue weighted by Gasteiger charge is 2.31. The van der Waals surface area contributed by atoms with Crippen LogP contribution in [0.3, 0.4) is 0 Å². The zero-order valence-corrected chi connectivity index (χ0v) is 12.8. The number of benzene rings is 1. The van der Waals surface area contributed by atoms with E-state index >= 15 is 0 Å². The van der Waals surface area contributed by atoms with E-state index in [-0.39, 0.29) is 18.6 Å². The van der Waals surface area contributed by atoms with Crippen LogP contribution >= 0.6 is 23.2 Å². The summed E-state index contributed by atoms with van der Waals surface area (Å²) in [6.45, 7) is 0.113. The second kappa shape index (κ2) is 7.30. The summed E-state index contributed by atoms with van der Waals surface area (Å²) >= 11 is 12.0. The number of rotatable bonds is 7. The van der Waals surface area contributed by atoms with Gasteiger partial charge in [-0.3, -0.25) is 4.79 Å². The largest absolute Gasteiger partial charge is 0.396 e. The monoisotopic (exact) mass is 315 g/mol. The summed E-state index contributed by atoms with van der Waals surface area (Å²) in [6.07, 6.45) is 3.88. The van der Waals surface area contributed by atoms with Crippen molar-refractivity contribution in [2.45, 2.75) is 38.1 Å². The first-order chi connectivity index (χ1) is 9.61. The minimum Gasteiger partial charge on any atom is -0.396 e. The Kier molecular flexibility index (Phi) is 5.70. The quantitative estimate of drug-likeness (QED) is 0.811. The lowest BCUT2D eigenvalue weighted by molar-refractivity contribution is -0.122. The summed E-state index contributed by atoms with van der Waals surface area (Å²) in [5.41, 5.74) is 0.888.